The van der Waals surface area contributed by atoms with Crippen LogP contribution in [0.5, 0.6) is 0 Å². The van der Waals surface area contributed by atoms with Gasteiger partial charge in [0.15, 0.2) is 0 Å². The number of benzene rings is 1. The van der Waals surface area contributed by atoms with Crippen molar-refractivity contribution in [2.24, 2.45) is 0 Å². The number of carbonyl (C=O) groups is 2. The van der Waals surface area contributed by atoms with E-state index in [9.17, 15) is 9.59 Å². The molecule has 23 heavy (non-hydrogen) atoms. The first-order chi connectivity index (χ1) is 11.0. The topological polar surface area (TPSA) is 84.0 Å². The van der Waals surface area contributed by atoms with Gasteiger partial charge in [-0.3, -0.25) is 0 Å². The maximum absolute atomic E-state index is 12.0. The summed E-state index contributed by atoms with van der Waals surface area (Å²) in [5.41, 5.74) is 2.04. The molecule has 2 amide bonds. The molecule has 1 aliphatic rings. The summed E-state index contributed by atoms with van der Waals surface area (Å²) in [7, 11) is 0. The second-order valence-electron chi connectivity index (χ2n) is 5.24. The van der Waals surface area contributed by atoms with Crippen LogP contribution >= 0.6 is 11.6 Å². The number of nitrogens with two attached hydrogens (primary N) is 1. The first kappa shape index (κ1) is 17.3. The standard InChI is InChI=1S/C16H20ClN3O3/c1-3-23-15(21)12-8-19-16(22)20-14(12)9-18-10(2)11-6-4-5-7-13(11)17/h4-7,10,18H,3,8-9H2,1-2H3,(H2,19,20,22)/p+1/t10-/m0/s1. The van der Waals surface area contributed by atoms with Crippen LogP contribution in [0.25, 0.3) is 0 Å². The van der Waals surface area contributed by atoms with Crippen molar-refractivity contribution in [2.45, 2.75) is 19.9 Å². The molecule has 0 radical (unpaired) electrons. The van der Waals surface area contributed by atoms with Crippen molar-refractivity contribution < 1.29 is 19.6 Å². The van der Waals surface area contributed by atoms with Gasteiger partial charge in [0.1, 0.15) is 12.6 Å². The number of amides is 2. The molecule has 0 fully saturated rings. The fourth-order valence-electron chi connectivity index (χ4n) is 2.39. The third-order valence-electron chi connectivity index (χ3n) is 3.65. The lowest BCUT2D eigenvalue weighted by Crippen LogP contribution is -2.86. The summed E-state index contributed by atoms with van der Waals surface area (Å²) in [6, 6.07) is 7.40. The lowest BCUT2D eigenvalue weighted by Gasteiger charge is -2.21. The van der Waals surface area contributed by atoms with Crippen LogP contribution in [-0.2, 0) is 9.53 Å². The lowest BCUT2D eigenvalue weighted by atomic mass is 10.1. The van der Waals surface area contributed by atoms with Crippen molar-refractivity contribution in [1.29, 1.82) is 0 Å². The van der Waals surface area contributed by atoms with E-state index in [0.29, 0.717) is 29.4 Å². The second kappa shape index (κ2) is 7.99. The average molecular weight is 339 g/mol. The van der Waals surface area contributed by atoms with Gasteiger partial charge >= 0.3 is 12.0 Å². The van der Waals surface area contributed by atoms with Crippen LogP contribution in [0.4, 0.5) is 4.79 Å². The van der Waals surface area contributed by atoms with Crippen molar-refractivity contribution in [1.82, 2.24) is 10.6 Å². The number of hydrogen-bond acceptors (Lipinski definition) is 3. The number of carbonyl (C=O) groups excluding carboxylic acids is 2. The van der Waals surface area contributed by atoms with Gasteiger partial charge in [-0.05, 0) is 19.9 Å². The summed E-state index contributed by atoms with van der Waals surface area (Å²) in [6.07, 6.45) is 0. The predicted molar refractivity (Wildman–Crippen MR) is 86.9 cm³/mol. The number of ether oxygens (including phenoxy) is 1. The summed E-state index contributed by atoms with van der Waals surface area (Å²) in [5.74, 6) is -0.409. The van der Waals surface area contributed by atoms with Crippen molar-refractivity contribution >= 4 is 23.6 Å². The molecule has 4 N–H and O–H groups in total. The third kappa shape index (κ3) is 4.46. The average Bonchev–Trinajstić information content (AvgIpc) is 2.53. The van der Waals surface area contributed by atoms with Gasteiger partial charge in [0, 0.05) is 10.6 Å². The van der Waals surface area contributed by atoms with Gasteiger partial charge in [-0.25, -0.2) is 9.59 Å². The van der Waals surface area contributed by atoms with Crippen LogP contribution in [0.2, 0.25) is 5.02 Å². The van der Waals surface area contributed by atoms with Crippen LogP contribution in [-0.4, -0.2) is 31.7 Å². The van der Waals surface area contributed by atoms with E-state index in [-0.39, 0.29) is 18.6 Å². The van der Waals surface area contributed by atoms with Crippen LogP contribution in [0, 0.1) is 0 Å². The molecule has 0 aromatic heterocycles. The predicted octanol–water partition coefficient (Wildman–Crippen LogP) is 1.09. The molecule has 2 rings (SSSR count). The first-order valence-electron chi connectivity index (χ1n) is 7.54. The van der Waals surface area contributed by atoms with Crippen LogP contribution in [0.15, 0.2) is 35.5 Å². The molecule has 0 spiro atoms. The highest BCUT2D eigenvalue weighted by molar-refractivity contribution is 6.31. The van der Waals surface area contributed by atoms with E-state index in [1.54, 1.807) is 6.92 Å². The summed E-state index contributed by atoms with van der Waals surface area (Å²) in [5, 5.41) is 7.99. The Morgan fingerprint density at radius 3 is 2.87 bits per heavy atom. The smallest absolute Gasteiger partial charge is 0.337 e. The Hall–Kier alpha value is -2.05. The SMILES string of the molecule is CCOC(=O)C1=C(C[NH2+][C@@H](C)c2ccccc2Cl)NC(=O)NC1. The van der Waals surface area contributed by atoms with Crippen LogP contribution in [0.1, 0.15) is 25.5 Å². The van der Waals surface area contributed by atoms with E-state index in [1.807, 2.05) is 36.5 Å². The lowest BCUT2D eigenvalue weighted by molar-refractivity contribution is -0.686. The van der Waals surface area contributed by atoms with Crippen molar-refractivity contribution in [3.05, 3.63) is 46.1 Å². The molecular formula is C16H21ClN3O3+. The second-order valence-corrected chi connectivity index (χ2v) is 5.64. The molecule has 124 valence electrons. The summed E-state index contributed by atoms with van der Waals surface area (Å²) < 4.78 is 5.03. The zero-order chi connectivity index (χ0) is 16.8. The normalized spacial score (nSPS) is 15.7. The number of urea groups is 1. The van der Waals surface area contributed by atoms with Crippen molar-refractivity contribution in [3.8, 4) is 0 Å². The molecule has 0 saturated heterocycles. The van der Waals surface area contributed by atoms with E-state index in [4.69, 9.17) is 16.3 Å². The van der Waals surface area contributed by atoms with Gasteiger partial charge in [0.25, 0.3) is 0 Å². The zero-order valence-corrected chi connectivity index (χ0v) is 13.9. The van der Waals surface area contributed by atoms with E-state index < -0.39 is 5.97 Å². The van der Waals surface area contributed by atoms with Crippen molar-refractivity contribution in [2.75, 3.05) is 19.7 Å². The minimum absolute atomic E-state index is 0.0893. The molecule has 0 unspecified atom stereocenters. The van der Waals surface area contributed by atoms with E-state index in [0.717, 1.165) is 5.56 Å². The first-order valence-corrected chi connectivity index (χ1v) is 7.92. The van der Waals surface area contributed by atoms with Gasteiger partial charge in [-0.15, -0.1) is 0 Å². The molecule has 1 heterocycles. The molecule has 0 bridgehead atoms. The highest BCUT2D eigenvalue weighted by Crippen LogP contribution is 2.19. The Morgan fingerprint density at radius 1 is 1.43 bits per heavy atom. The molecule has 1 atom stereocenters. The fraction of sp³-hybridized carbons (Fsp3) is 0.375. The largest absolute Gasteiger partial charge is 0.463 e. The molecule has 0 aliphatic carbocycles. The number of rotatable bonds is 6. The van der Waals surface area contributed by atoms with Crippen LogP contribution < -0.4 is 16.0 Å². The minimum atomic E-state index is -0.409. The highest BCUT2D eigenvalue weighted by Gasteiger charge is 2.25. The Bertz CT molecular complexity index is 631. The molecular weight excluding hydrogens is 318 g/mol. The molecule has 0 saturated carbocycles. The zero-order valence-electron chi connectivity index (χ0n) is 13.2. The monoisotopic (exact) mass is 338 g/mol. The number of nitrogens with one attached hydrogen (secondary N) is 2. The summed E-state index contributed by atoms with van der Waals surface area (Å²) in [6.45, 7) is 4.69. The van der Waals surface area contributed by atoms with Gasteiger partial charge in [-0.2, -0.15) is 0 Å². The maximum Gasteiger partial charge on any atom is 0.337 e. The quantitative estimate of drug-likeness (QED) is 0.679. The molecule has 1 aromatic rings. The Kier molecular flexibility index (Phi) is 6.01. The number of halogens is 1. The van der Waals surface area contributed by atoms with Gasteiger partial charge in [0.05, 0.1) is 24.4 Å². The summed E-state index contributed by atoms with van der Waals surface area (Å²) >= 11 is 6.20. The van der Waals surface area contributed by atoms with Gasteiger partial charge < -0.3 is 20.7 Å². The molecule has 7 heteroatoms. The molecule has 1 aromatic carbocycles. The highest BCUT2D eigenvalue weighted by atomic mass is 35.5. The van der Waals surface area contributed by atoms with E-state index >= 15 is 0 Å². The maximum atomic E-state index is 12.0. The Morgan fingerprint density at radius 2 is 2.17 bits per heavy atom. The summed E-state index contributed by atoms with van der Waals surface area (Å²) in [4.78, 5) is 23.5. The number of esters is 1. The van der Waals surface area contributed by atoms with Gasteiger partial charge in [0.2, 0.25) is 0 Å². The molecule has 1 aliphatic heterocycles. The Labute approximate surface area is 140 Å². The molecule has 6 nitrogen and oxygen atoms in total. The fourth-order valence-corrected chi connectivity index (χ4v) is 2.69. The third-order valence-corrected chi connectivity index (χ3v) is 3.99. The minimum Gasteiger partial charge on any atom is -0.463 e. The van der Waals surface area contributed by atoms with Crippen molar-refractivity contribution in [3.63, 3.8) is 0 Å². The number of hydrogen-bond donors (Lipinski definition) is 3. The van der Waals surface area contributed by atoms with Crippen LogP contribution in [0.3, 0.4) is 0 Å². The van der Waals surface area contributed by atoms with E-state index in [1.165, 1.54) is 0 Å². The Balaban J connectivity index is 2.10. The van der Waals surface area contributed by atoms with E-state index in [2.05, 4.69) is 10.6 Å². The van der Waals surface area contributed by atoms with Gasteiger partial charge in [-0.1, -0.05) is 29.8 Å². The number of quaternary nitrogens is 1.